The molecule has 0 saturated carbocycles. The first-order chi connectivity index (χ1) is 10.8. The topological polar surface area (TPSA) is 65.8 Å². The van der Waals surface area contributed by atoms with E-state index in [1.807, 2.05) is 29.3 Å². The van der Waals surface area contributed by atoms with Gasteiger partial charge in [0.25, 0.3) is 0 Å². The van der Waals surface area contributed by atoms with E-state index in [-0.39, 0.29) is 11.2 Å². The first-order valence-corrected chi connectivity index (χ1v) is 9.81. The van der Waals surface area contributed by atoms with Crippen LogP contribution < -0.4 is 5.32 Å². The highest BCUT2D eigenvalue weighted by molar-refractivity contribution is 8.07. The van der Waals surface area contributed by atoms with Crippen LogP contribution in [-0.4, -0.2) is 33.4 Å². The Hall–Kier alpha value is -1.49. The molecule has 1 fully saturated rings. The number of nitriles is 1. The summed E-state index contributed by atoms with van der Waals surface area (Å²) in [7, 11) is 0. The fourth-order valence-electron chi connectivity index (χ4n) is 2.04. The number of benzene rings is 1. The van der Waals surface area contributed by atoms with Gasteiger partial charge >= 0.3 is 0 Å². The van der Waals surface area contributed by atoms with Crippen LogP contribution in [0.1, 0.15) is 5.56 Å². The van der Waals surface area contributed by atoms with E-state index in [1.165, 1.54) is 11.3 Å². The lowest BCUT2D eigenvalue weighted by Crippen LogP contribution is -2.30. The average Bonchev–Trinajstić information content (AvgIpc) is 3.04. The van der Waals surface area contributed by atoms with Crippen molar-refractivity contribution < 1.29 is 4.79 Å². The molecule has 1 N–H and O–H groups in total. The van der Waals surface area contributed by atoms with Crippen LogP contribution in [0.25, 0.3) is 11.3 Å². The van der Waals surface area contributed by atoms with Gasteiger partial charge in [0.05, 0.1) is 22.6 Å². The Labute approximate surface area is 141 Å². The third-order valence-electron chi connectivity index (χ3n) is 3.13. The molecule has 0 spiro atoms. The van der Waals surface area contributed by atoms with Crippen LogP contribution in [0.15, 0.2) is 29.6 Å². The van der Waals surface area contributed by atoms with E-state index in [2.05, 4.69) is 16.4 Å². The number of thioether (sulfide) groups is 2. The third kappa shape index (κ3) is 3.64. The van der Waals surface area contributed by atoms with E-state index in [4.69, 9.17) is 5.26 Å². The van der Waals surface area contributed by atoms with Crippen molar-refractivity contribution in [3.8, 4) is 17.3 Å². The van der Waals surface area contributed by atoms with Crippen LogP contribution in [0.5, 0.6) is 0 Å². The Morgan fingerprint density at radius 1 is 1.41 bits per heavy atom. The van der Waals surface area contributed by atoms with Gasteiger partial charge in [-0.05, 0) is 12.1 Å². The number of amides is 1. The second kappa shape index (κ2) is 7.18. The zero-order valence-corrected chi connectivity index (χ0v) is 14.1. The SMILES string of the molecule is N#Cc1cccc(-c2csc(NC(=O)C3CSCCS3)n2)c1. The number of thiazole rings is 1. The number of nitrogens with one attached hydrogen (secondary N) is 1. The molecule has 4 nitrogen and oxygen atoms in total. The van der Waals surface area contributed by atoms with E-state index in [9.17, 15) is 4.79 Å². The van der Waals surface area contributed by atoms with Crippen LogP contribution in [0.3, 0.4) is 0 Å². The molecule has 1 amide bonds. The predicted molar refractivity (Wildman–Crippen MR) is 94.5 cm³/mol. The summed E-state index contributed by atoms with van der Waals surface area (Å²) >= 11 is 4.93. The molecule has 0 radical (unpaired) electrons. The van der Waals surface area contributed by atoms with E-state index in [0.717, 1.165) is 28.5 Å². The number of nitrogens with zero attached hydrogens (tertiary/aromatic N) is 2. The first-order valence-electron chi connectivity index (χ1n) is 6.72. The molecule has 112 valence electrons. The lowest BCUT2D eigenvalue weighted by molar-refractivity contribution is -0.115. The van der Waals surface area contributed by atoms with Crippen LogP contribution in [-0.2, 0) is 4.79 Å². The van der Waals surface area contributed by atoms with Gasteiger partial charge in [-0.25, -0.2) is 4.98 Å². The van der Waals surface area contributed by atoms with Crippen molar-refractivity contribution in [2.75, 3.05) is 22.6 Å². The van der Waals surface area contributed by atoms with Crippen molar-refractivity contribution in [2.24, 2.45) is 0 Å². The second-order valence-corrected chi connectivity index (χ2v) is 7.97. The quantitative estimate of drug-likeness (QED) is 0.921. The fourth-order valence-corrected chi connectivity index (χ4v) is 5.32. The molecule has 0 bridgehead atoms. The molecule has 1 atom stereocenters. The maximum Gasteiger partial charge on any atom is 0.240 e. The smallest absolute Gasteiger partial charge is 0.240 e. The van der Waals surface area contributed by atoms with Gasteiger partial charge in [-0.3, -0.25) is 4.79 Å². The second-order valence-electron chi connectivity index (χ2n) is 4.65. The number of carbonyl (C=O) groups excluding carboxylic acids is 1. The largest absolute Gasteiger partial charge is 0.301 e. The lowest BCUT2D eigenvalue weighted by atomic mass is 10.1. The summed E-state index contributed by atoms with van der Waals surface area (Å²) in [5.41, 5.74) is 2.27. The molecule has 0 aliphatic carbocycles. The van der Waals surface area contributed by atoms with Crippen LogP contribution in [0, 0.1) is 11.3 Å². The highest BCUT2D eigenvalue weighted by Gasteiger charge is 2.23. The molecule has 1 aromatic heterocycles. The van der Waals surface area contributed by atoms with Crippen molar-refractivity contribution in [1.29, 1.82) is 5.26 Å². The van der Waals surface area contributed by atoms with Gasteiger partial charge in [0.1, 0.15) is 0 Å². The Kier molecular flexibility index (Phi) is 5.03. The van der Waals surface area contributed by atoms with Gasteiger partial charge < -0.3 is 5.32 Å². The summed E-state index contributed by atoms with van der Waals surface area (Å²) in [4.78, 5) is 16.6. The summed E-state index contributed by atoms with van der Waals surface area (Å²) in [5.74, 6) is 3.03. The zero-order chi connectivity index (χ0) is 15.4. The van der Waals surface area contributed by atoms with Crippen molar-refractivity contribution >= 4 is 45.9 Å². The molecule has 1 aliphatic heterocycles. The minimum Gasteiger partial charge on any atom is -0.301 e. The van der Waals surface area contributed by atoms with Gasteiger partial charge in [-0.2, -0.15) is 17.0 Å². The molecule has 2 aromatic rings. The Morgan fingerprint density at radius 3 is 3.09 bits per heavy atom. The minimum absolute atomic E-state index is 0.00742. The Bertz CT molecular complexity index is 717. The van der Waals surface area contributed by atoms with Gasteiger partial charge in [0.15, 0.2) is 5.13 Å². The molecule has 7 heteroatoms. The molecule has 1 aliphatic rings. The third-order valence-corrected chi connectivity index (χ3v) is 6.64. The summed E-state index contributed by atoms with van der Waals surface area (Å²) in [6, 6.07) is 9.43. The summed E-state index contributed by atoms with van der Waals surface area (Å²) in [6.45, 7) is 0. The first kappa shape index (κ1) is 15.4. The summed E-state index contributed by atoms with van der Waals surface area (Å²) in [6.07, 6.45) is 0. The fraction of sp³-hybridized carbons (Fsp3) is 0.267. The number of hydrogen-bond acceptors (Lipinski definition) is 6. The summed E-state index contributed by atoms with van der Waals surface area (Å²) < 4.78 is 0. The van der Waals surface area contributed by atoms with E-state index >= 15 is 0 Å². The number of anilines is 1. The highest BCUT2D eigenvalue weighted by Crippen LogP contribution is 2.28. The number of carbonyl (C=O) groups is 1. The van der Waals surface area contributed by atoms with E-state index in [0.29, 0.717) is 10.7 Å². The van der Waals surface area contributed by atoms with Crippen LogP contribution in [0.2, 0.25) is 0 Å². The monoisotopic (exact) mass is 347 g/mol. The van der Waals surface area contributed by atoms with Gasteiger partial charge in [-0.1, -0.05) is 12.1 Å². The average molecular weight is 347 g/mol. The van der Waals surface area contributed by atoms with Gasteiger partial charge in [0.2, 0.25) is 5.91 Å². The van der Waals surface area contributed by atoms with Crippen LogP contribution in [0.4, 0.5) is 5.13 Å². The van der Waals surface area contributed by atoms with Gasteiger partial charge in [-0.15, -0.1) is 23.1 Å². The molecule has 3 rings (SSSR count). The van der Waals surface area contributed by atoms with Gasteiger partial charge in [0, 0.05) is 28.2 Å². The minimum atomic E-state index is 0.00742. The van der Waals surface area contributed by atoms with Crippen molar-refractivity contribution in [2.45, 2.75) is 5.25 Å². The Morgan fingerprint density at radius 2 is 2.32 bits per heavy atom. The Balaban J connectivity index is 1.70. The maximum atomic E-state index is 12.2. The van der Waals surface area contributed by atoms with Crippen LogP contribution >= 0.6 is 34.9 Å². The lowest BCUT2D eigenvalue weighted by Gasteiger charge is -2.19. The number of rotatable bonds is 3. The van der Waals surface area contributed by atoms with E-state index in [1.54, 1.807) is 23.9 Å². The summed E-state index contributed by atoms with van der Waals surface area (Å²) in [5, 5.41) is 14.4. The zero-order valence-electron chi connectivity index (χ0n) is 11.6. The molecule has 22 heavy (non-hydrogen) atoms. The molecule has 1 saturated heterocycles. The highest BCUT2D eigenvalue weighted by atomic mass is 32.2. The van der Waals surface area contributed by atoms with Crippen molar-refractivity contribution in [1.82, 2.24) is 4.98 Å². The molecule has 1 aromatic carbocycles. The number of aromatic nitrogens is 1. The molecular formula is C15H13N3OS3. The molecule has 2 heterocycles. The normalized spacial score (nSPS) is 17.7. The van der Waals surface area contributed by atoms with Crippen molar-refractivity contribution in [3.05, 3.63) is 35.2 Å². The standard InChI is InChI=1S/C15H13N3OS3/c16-7-10-2-1-3-11(6-10)12-8-22-15(17-12)18-14(19)13-9-20-4-5-21-13/h1-3,6,8,13H,4-5,9H2,(H,17,18,19). The molecule has 1 unspecified atom stereocenters. The number of hydrogen-bond donors (Lipinski definition) is 1. The van der Waals surface area contributed by atoms with E-state index < -0.39 is 0 Å². The maximum absolute atomic E-state index is 12.2. The van der Waals surface area contributed by atoms with Crippen molar-refractivity contribution in [3.63, 3.8) is 0 Å². The molecular weight excluding hydrogens is 334 g/mol. The predicted octanol–water partition coefficient (Wildman–Crippen LogP) is 3.47.